The van der Waals surface area contributed by atoms with Crippen LogP contribution in [-0.2, 0) is 9.47 Å². The number of ketones is 1. The highest BCUT2D eigenvalue weighted by molar-refractivity contribution is 5.98. The highest BCUT2D eigenvalue weighted by atomic mass is 19.1. The van der Waals surface area contributed by atoms with Crippen LogP contribution in [0.1, 0.15) is 40.5 Å². The third-order valence-corrected chi connectivity index (χ3v) is 3.53. The van der Waals surface area contributed by atoms with E-state index in [0.29, 0.717) is 19.6 Å². The average Bonchev–Trinajstić information content (AvgIpc) is 2.53. The summed E-state index contributed by atoms with van der Waals surface area (Å²) in [5.41, 5.74) is -0.875. The summed E-state index contributed by atoms with van der Waals surface area (Å²) in [4.78, 5) is 23.6. The Labute approximate surface area is 133 Å². The van der Waals surface area contributed by atoms with Gasteiger partial charge in [0.25, 0.3) is 0 Å². The molecule has 1 saturated heterocycles. The van der Waals surface area contributed by atoms with E-state index in [4.69, 9.17) is 4.74 Å². The predicted molar refractivity (Wildman–Crippen MR) is 78.5 cm³/mol. The SMILES string of the molecule is CCOC(=O)c1cc(F)c(C(=O)CCC2CNCCO2)c(F)c1. The van der Waals surface area contributed by atoms with E-state index in [1.165, 1.54) is 0 Å². The Morgan fingerprint density at radius 3 is 2.61 bits per heavy atom. The van der Waals surface area contributed by atoms with Crippen LogP contribution in [0.4, 0.5) is 8.78 Å². The highest BCUT2D eigenvalue weighted by Gasteiger charge is 2.23. The molecule has 0 aromatic heterocycles. The second kappa shape index (κ2) is 8.12. The smallest absolute Gasteiger partial charge is 0.338 e. The van der Waals surface area contributed by atoms with Crippen molar-refractivity contribution in [1.82, 2.24) is 5.32 Å². The summed E-state index contributed by atoms with van der Waals surface area (Å²) in [7, 11) is 0. The van der Waals surface area contributed by atoms with E-state index >= 15 is 0 Å². The molecule has 1 N–H and O–H groups in total. The van der Waals surface area contributed by atoms with Crippen molar-refractivity contribution in [3.05, 3.63) is 34.9 Å². The molecule has 2 rings (SSSR count). The zero-order valence-electron chi connectivity index (χ0n) is 12.9. The minimum atomic E-state index is -1.05. The van der Waals surface area contributed by atoms with Crippen molar-refractivity contribution in [1.29, 1.82) is 0 Å². The van der Waals surface area contributed by atoms with Crippen molar-refractivity contribution in [2.45, 2.75) is 25.9 Å². The first-order valence-electron chi connectivity index (χ1n) is 7.54. The summed E-state index contributed by atoms with van der Waals surface area (Å²) in [6.07, 6.45) is 0.209. The van der Waals surface area contributed by atoms with Crippen molar-refractivity contribution in [3.63, 3.8) is 0 Å². The standard InChI is InChI=1S/C16H19F2NO4/c1-2-22-16(21)10-7-12(17)15(13(18)8-10)14(20)4-3-11-9-19-5-6-23-11/h7-8,11,19H,2-6,9H2,1H3. The van der Waals surface area contributed by atoms with Gasteiger partial charge in [-0.3, -0.25) is 4.79 Å². The number of halogens is 2. The molecular weight excluding hydrogens is 308 g/mol. The van der Waals surface area contributed by atoms with Gasteiger partial charge < -0.3 is 14.8 Å². The average molecular weight is 327 g/mol. The van der Waals surface area contributed by atoms with E-state index in [9.17, 15) is 18.4 Å². The third kappa shape index (κ3) is 4.56. The summed E-state index contributed by atoms with van der Waals surface area (Å²) in [6.45, 7) is 3.60. The topological polar surface area (TPSA) is 64.6 Å². The Morgan fingerprint density at radius 2 is 2.04 bits per heavy atom. The lowest BCUT2D eigenvalue weighted by atomic mass is 10.0. The largest absolute Gasteiger partial charge is 0.462 e. The fourth-order valence-electron chi connectivity index (χ4n) is 2.39. The van der Waals surface area contributed by atoms with Crippen LogP contribution in [0.3, 0.4) is 0 Å². The molecule has 1 fully saturated rings. The zero-order chi connectivity index (χ0) is 16.8. The van der Waals surface area contributed by atoms with Gasteiger partial charge in [0, 0.05) is 19.5 Å². The maximum absolute atomic E-state index is 14.0. The predicted octanol–water partition coefficient (Wildman–Crippen LogP) is 2.09. The van der Waals surface area contributed by atoms with Gasteiger partial charge in [-0.15, -0.1) is 0 Å². The Morgan fingerprint density at radius 1 is 1.35 bits per heavy atom. The van der Waals surface area contributed by atoms with Gasteiger partial charge in [0.05, 0.1) is 30.4 Å². The van der Waals surface area contributed by atoms with Gasteiger partial charge in [-0.1, -0.05) is 0 Å². The quantitative estimate of drug-likeness (QED) is 0.640. The van der Waals surface area contributed by atoms with Crippen molar-refractivity contribution in [3.8, 4) is 0 Å². The van der Waals surface area contributed by atoms with E-state index in [0.717, 1.165) is 18.7 Å². The van der Waals surface area contributed by atoms with Crippen LogP contribution in [-0.4, -0.2) is 44.2 Å². The van der Waals surface area contributed by atoms with E-state index in [-0.39, 0.29) is 24.7 Å². The van der Waals surface area contributed by atoms with Crippen molar-refractivity contribution >= 4 is 11.8 Å². The molecule has 5 nitrogen and oxygen atoms in total. The lowest BCUT2D eigenvalue weighted by Crippen LogP contribution is -2.38. The molecule has 1 aliphatic rings. The molecule has 0 spiro atoms. The van der Waals surface area contributed by atoms with Crippen LogP contribution in [0.25, 0.3) is 0 Å². The maximum Gasteiger partial charge on any atom is 0.338 e. The molecule has 1 atom stereocenters. The molecule has 1 aromatic carbocycles. The maximum atomic E-state index is 14.0. The number of hydrogen-bond acceptors (Lipinski definition) is 5. The van der Waals surface area contributed by atoms with Crippen molar-refractivity contribution in [2.75, 3.05) is 26.3 Å². The van der Waals surface area contributed by atoms with Gasteiger partial charge in [0.1, 0.15) is 11.6 Å². The summed E-state index contributed by atoms with van der Waals surface area (Å²) in [6, 6.07) is 1.65. The first kappa shape index (κ1) is 17.5. The molecule has 0 saturated carbocycles. The number of hydrogen-bond donors (Lipinski definition) is 1. The number of ether oxygens (including phenoxy) is 2. The summed E-state index contributed by atoms with van der Waals surface area (Å²) < 4.78 is 38.2. The third-order valence-electron chi connectivity index (χ3n) is 3.53. The van der Waals surface area contributed by atoms with Crippen LogP contribution < -0.4 is 5.32 Å². The second-order valence-corrected chi connectivity index (χ2v) is 5.19. The number of rotatable bonds is 6. The summed E-state index contributed by atoms with van der Waals surface area (Å²) in [5.74, 6) is -3.59. The van der Waals surface area contributed by atoms with Gasteiger partial charge in [-0.2, -0.15) is 0 Å². The van der Waals surface area contributed by atoms with Crippen LogP contribution in [0.5, 0.6) is 0 Å². The molecule has 0 bridgehead atoms. The first-order valence-corrected chi connectivity index (χ1v) is 7.54. The van der Waals surface area contributed by atoms with Gasteiger partial charge in [-0.05, 0) is 25.5 Å². The normalized spacial score (nSPS) is 17.8. The first-order chi connectivity index (χ1) is 11.0. The molecule has 0 aliphatic carbocycles. The molecule has 1 unspecified atom stereocenters. The lowest BCUT2D eigenvalue weighted by molar-refractivity contribution is 0.0224. The Balaban J connectivity index is 2.06. The molecule has 1 heterocycles. The number of nitrogens with one attached hydrogen (secondary N) is 1. The van der Waals surface area contributed by atoms with Crippen molar-refractivity contribution < 1.29 is 27.8 Å². The molecule has 7 heteroatoms. The van der Waals surface area contributed by atoms with Gasteiger partial charge in [0.2, 0.25) is 0 Å². The number of Topliss-reactive ketones (excluding diaryl/α,β-unsaturated/α-hetero) is 1. The number of esters is 1. The van der Waals surface area contributed by atoms with Gasteiger partial charge in [0.15, 0.2) is 5.78 Å². The van der Waals surface area contributed by atoms with Crippen LogP contribution in [0, 0.1) is 11.6 Å². The highest BCUT2D eigenvalue weighted by Crippen LogP contribution is 2.19. The molecule has 23 heavy (non-hydrogen) atoms. The van der Waals surface area contributed by atoms with Gasteiger partial charge in [-0.25, -0.2) is 13.6 Å². The Hall–Kier alpha value is -1.86. The van der Waals surface area contributed by atoms with Crippen LogP contribution in [0.2, 0.25) is 0 Å². The Bertz CT molecular complexity index is 562. The van der Waals surface area contributed by atoms with E-state index in [1.807, 2.05) is 0 Å². The molecule has 1 aliphatic heterocycles. The minimum absolute atomic E-state index is 0.0288. The van der Waals surface area contributed by atoms with Crippen LogP contribution >= 0.6 is 0 Å². The van der Waals surface area contributed by atoms with E-state index in [2.05, 4.69) is 10.1 Å². The lowest BCUT2D eigenvalue weighted by Gasteiger charge is -2.23. The zero-order valence-corrected chi connectivity index (χ0v) is 12.9. The second-order valence-electron chi connectivity index (χ2n) is 5.19. The number of carbonyl (C=O) groups excluding carboxylic acids is 2. The number of carbonyl (C=O) groups is 2. The summed E-state index contributed by atoms with van der Waals surface area (Å²) in [5, 5.41) is 3.12. The molecule has 126 valence electrons. The van der Waals surface area contributed by atoms with E-state index in [1.54, 1.807) is 6.92 Å². The monoisotopic (exact) mass is 327 g/mol. The molecular formula is C16H19F2NO4. The minimum Gasteiger partial charge on any atom is -0.462 e. The Kier molecular flexibility index (Phi) is 6.18. The fourth-order valence-corrected chi connectivity index (χ4v) is 2.39. The van der Waals surface area contributed by atoms with E-state index < -0.39 is 29.0 Å². The van der Waals surface area contributed by atoms with Crippen LogP contribution in [0.15, 0.2) is 12.1 Å². The summed E-state index contributed by atoms with van der Waals surface area (Å²) >= 11 is 0. The molecule has 1 aromatic rings. The van der Waals surface area contributed by atoms with Gasteiger partial charge >= 0.3 is 5.97 Å². The fraction of sp³-hybridized carbons (Fsp3) is 0.500. The molecule has 0 radical (unpaired) electrons. The van der Waals surface area contributed by atoms with Crippen molar-refractivity contribution in [2.24, 2.45) is 0 Å². The number of benzene rings is 1. The number of morpholine rings is 1. The molecule has 0 amide bonds.